The fourth-order valence-electron chi connectivity index (χ4n) is 2.97. The predicted molar refractivity (Wildman–Crippen MR) is 103 cm³/mol. The number of aliphatic hydroxyl groups is 1. The number of H-pyrrole nitrogens is 1. The van der Waals surface area contributed by atoms with Gasteiger partial charge in [0.2, 0.25) is 5.91 Å². The van der Waals surface area contributed by atoms with Gasteiger partial charge in [-0.2, -0.15) is 0 Å². The largest absolute Gasteiger partial charge is 0.497 e. The first-order valence-corrected chi connectivity index (χ1v) is 8.75. The highest BCUT2D eigenvalue weighted by molar-refractivity contribution is 6.30. The van der Waals surface area contributed by atoms with Crippen molar-refractivity contribution in [2.75, 3.05) is 20.3 Å². The molecule has 0 radical (unpaired) electrons. The van der Waals surface area contributed by atoms with Gasteiger partial charge in [-0.15, -0.1) is 0 Å². The molecule has 0 aliphatic heterocycles. The minimum absolute atomic E-state index is 0.0530. The molecule has 3 aromatic rings. The smallest absolute Gasteiger partial charge is 0.227 e. The number of amides is 1. The maximum atomic E-state index is 12.8. The first-order chi connectivity index (χ1) is 12.6. The van der Waals surface area contributed by atoms with Crippen LogP contribution >= 0.6 is 11.6 Å². The normalized spacial score (nSPS) is 10.9. The molecule has 0 atom stereocenters. The SMILES string of the molecule is COc1ccc2[nH]cc(CC(=O)N(CCO)Cc3cccc(Cl)c3)c2c1. The molecular formula is C20H21ClN2O3. The topological polar surface area (TPSA) is 65.6 Å². The third-order valence-corrected chi connectivity index (χ3v) is 4.54. The minimum atomic E-state index is -0.0893. The van der Waals surface area contributed by atoms with Crippen molar-refractivity contribution in [3.63, 3.8) is 0 Å². The molecule has 136 valence electrons. The molecule has 0 aliphatic carbocycles. The van der Waals surface area contributed by atoms with Crippen LogP contribution in [0.25, 0.3) is 10.9 Å². The second-order valence-electron chi connectivity index (χ2n) is 6.07. The van der Waals surface area contributed by atoms with E-state index in [1.807, 2.05) is 42.6 Å². The third kappa shape index (κ3) is 4.18. The molecule has 1 amide bonds. The molecule has 0 spiro atoms. The summed E-state index contributed by atoms with van der Waals surface area (Å²) < 4.78 is 5.27. The lowest BCUT2D eigenvalue weighted by Gasteiger charge is -2.22. The van der Waals surface area contributed by atoms with E-state index in [0.717, 1.165) is 27.8 Å². The number of aliphatic hydroxyl groups excluding tert-OH is 1. The molecule has 0 aliphatic rings. The Morgan fingerprint density at radius 3 is 2.85 bits per heavy atom. The van der Waals surface area contributed by atoms with E-state index in [1.165, 1.54) is 0 Å². The van der Waals surface area contributed by atoms with Crippen molar-refractivity contribution in [3.8, 4) is 5.75 Å². The van der Waals surface area contributed by atoms with Crippen LogP contribution < -0.4 is 4.74 Å². The molecule has 26 heavy (non-hydrogen) atoms. The molecule has 2 aromatic carbocycles. The maximum absolute atomic E-state index is 12.8. The summed E-state index contributed by atoms with van der Waals surface area (Å²) in [5.74, 6) is 0.694. The number of aromatic nitrogens is 1. The number of fused-ring (bicyclic) bond motifs is 1. The van der Waals surface area contributed by atoms with Crippen LogP contribution in [0.15, 0.2) is 48.7 Å². The Bertz CT molecular complexity index is 907. The number of aromatic amines is 1. The minimum Gasteiger partial charge on any atom is -0.497 e. The van der Waals surface area contributed by atoms with Crippen molar-refractivity contribution < 1.29 is 14.6 Å². The van der Waals surface area contributed by atoms with Gasteiger partial charge >= 0.3 is 0 Å². The highest BCUT2D eigenvalue weighted by atomic mass is 35.5. The summed E-state index contributed by atoms with van der Waals surface area (Å²) in [6.07, 6.45) is 2.09. The standard InChI is InChI=1S/C20H21ClN2O3/c1-26-17-5-6-19-18(11-17)15(12-22-19)10-20(25)23(7-8-24)13-14-3-2-4-16(21)9-14/h2-6,9,11-12,22,24H,7-8,10,13H2,1H3. The number of rotatable bonds is 7. The number of nitrogens with zero attached hydrogens (tertiary/aromatic N) is 1. The summed E-state index contributed by atoms with van der Waals surface area (Å²) in [6, 6.07) is 13.1. The van der Waals surface area contributed by atoms with Gasteiger partial charge in [-0.3, -0.25) is 4.79 Å². The third-order valence-electron chi connectivity index (χ3n) is 4.30. The van der Waals surface area contributed by atoms with E-state index in [4.69, 9.17) is 16.3 Å². The quantitative estimate of drug-likeness (QED) is 0.668. The maximum Gasteiger partial charge on any atom is 0.227 e. The van der Waals surface area contributed by atoms with Crippen molar-refractivity contribution in [2.24, 2.45) is 0 Å². The fraction of sp³-hybridized carbons (Fsp3) is 0.250. The highest BCUT2D eigenvalue weighted by Crippen LogP contribution is 2.24. The second kappa shape index (κ2) is 8.25. The first-order valence-electron chi connectivity index (χ1n) is 8.38. The molecule has 3 rings (SSSR count). The average Bonchev–Trinajstić information content (AvgIpc) is 3.03. The van der Waals surface area contributed by atoms with Crippen molar-refractivity contribution in [1.82, 2.24) is 9.88 Å². The Balaban J connectivity index is 1.79. The molecule has 0 saturated carbocycles. The zero-order valence-corrected chi connectivity index (χ0v) is 15.3. The molecule has 2 N–H and O–H groups in total. The van der Waals surface area contributed by atoms with Crippen LogP contribution in [0, 0.1) is 0 Å². The van der Waals surface area contributed by atoms with Gasteiger partial charge in [0.25, 0.3) is 0 Å². The van der Waals surface area contributed by atoms with Gasteiger partial charge in [0.1, 0.15) is 5.75 Å². The summed E-state index contributed by atoms with van der Waals surface area (Å²) in [4.78, 5) is 17.6. The number of halogens is 1. The number of methoxy groups -OCH3 is 1. The molecule has 0 unspecified atom stereocenters. The lowest BCUT2D eigenvalue weighted by Crippen LogP contribution is -2.34. The fourth-order valence-corrected chi connectivity index (χ4v) is 3.19. The Morgan fingerprint density at radius 2 is 2.12 bits per heavy atom. The van der Waals surface area contributed by atoms with E-state index in [2.05, 4.69) is 4.98 Å². The summed E-state index contributed by atoms with van der Waals surface area (Å²) >= 11 is 6.03. The Hall–Kier alpha value is -2.50. The van der Waals surface area contributed by atoms with Crippen molar-refractivity contribution >= 4 is 28.4 Å². The van der Waals surface area contributed by atoms with Gasteiger partial charge in [0.05, 0.1) is 20.1 Å². The van der Waals surface area contributed by atoms with Crippen LogP contribution in [0.2, 0.25) is 5.02 Å². The molecule has 5 nitrogen and oxygen atoms in total. The van der Waals surface area contributed by atoms with Gasteiger partial charge in [0.15, 0.2) is 0 Å². The van der Waals surface area contributed by atoms with Crippen LogP contribution in [0.5, 0.6) is 5.75 Å². The summed E-state index contributed by atoms with van der Waals surface area (Å²) in [5.41, 5.74) is 2.79. The van der Waals surface area contributed by atoms with Gasteiger partial charge < -0.3 is 19.7 Å². The van der Waals surface area contributed by atoms with Crippen LogP contribution in [-0.2, 0) is 17.8 Å². The number of carbonyl (C=O) groups excluding carboxylic acids is 1. The lowest BCUT2D eigenvalue weighted by molar-refractivity contribution is -0.131. The molecule has 0 saturated heterocycles. The number of benzene rings is 2. The number of hydrogen-bond acceptors (Lipinski definition) is 3. The van der Waals surface area contributed by atoms with E-state index in [0.29, 0.717) is 11.6 Å². The van der Waals surface area contributed by atoms with Gasteiger partial charge in [-0.1, -0.05) is 23.7 Å². The number of hydrogen-bond donors (Lipinski definition) is 2. The second-order valence-corrected chi connectivity index (χ2v) is 6.51. The predicted octanol–water partition coefficient (Wildman–Crippen LogP) is 3.39. The van der Waals surface area contributed by atoms with Crippen LogP contribution in [0.4, 0.5) is 0 Å². The molecule has 1 aromatic heterocycles. The van der Waals surface area contributed by atoms with Crippen molar-refractivity contribution in [2.45, 2.75) is 13.0 Å². The van der Waals surface area contributed by atoms with Crippen LogP contribution in [-0.4, -0.2) is 41.2 Å². The molecule has 0 bridgehead atoms. The van der Waals surface area contributed by atoms with Gasteiger partial charge in [0, 0.05) is 35.2 Å². The van der Waals surface area contributed by atoms with E-state index in [-0.39, 0.29) is 25.5 Å². The molecular weight excluding hydrogens is 352 g/mol. The zero-order chi connectivity index (χ0) is 18.5. The highest BCUT2D eigenvalue weighted by Gasteiger charge is 2.17. The number of ether oxygens (including phenoxy) is 1. The Labute approximate surface area is 157 Å². The number of nitrogens with one attached hydrogen (secondary N) is 1. The van der Waals surface area contributed by atoms with Crippen molar-refractivity contribution in [3.05, 3.63) is 64.8 Å². The monoisotopic (exact) mass is 372 g/mol. The summed E-state index contributed by atoms with van der Waals surface area (Å²) in [7, 11) is 1.62. The van der Waals surface area contributed by atoms with E-state index in [1.54, 1.807) is 18.1 Å². The number of carbonyl (C=O) groups is 1. The van der Waals surface area contributed by atoms with Crippen LogP contribution in [0.3, 0.4) is 0 Å². The van der Waals surface area contributed by atoms with Gasteiger partial charge in [-0.25, -0.2) is 0 Å². The van der Waals surface area contributed by atoms with Crippen molar-refractivity contribution in [1.29, 1.82) is 0 Å². The van der Waals surface area contributed by atoms with E-state index >= 15 is 0 Å². The lowest BCUT2D eigenvalue weighted by atomic mass is 10.1. The first kappa shape index (κ1) is 18.3. The zero-order valence-electron chi connectivity index (χ0n) is 14.5. The molecule has 1 heterocycles. The summed E-state index contributed by atoms with van der Waals surface area (Å²) in [5, 5.41) is 10.9. The van der Waals surface area contributed by atoms with Crippen LogP contribution in [0.1, 0.15) is 11.1 Å². The van der Waals surface area contributed by atoms with E-state index in [9.17, 15) is 9.90 Å². The Morgan fingerprint density at radius 1 is 1.27 bits per heavy atom. The van der Waals surface area contributed by atoms with Gasteiger partial charge in [-0.05, 0) is 41.5 Å². The average molecular weight is 373 g/mol. The summed E-state index contributed by atoms with van der Waals surface area (Å²) in [6.45, 7) is 0.594. The van der Waals surface area contributed by atoms with E-state index < -0.39 is 0 Å². The molecule has 6 heteroatoms. The molecule has 0 fully saturated rings. The Kier molecular flexibility index (Phi) is 5.81.